The van der Waals surface area contributed by atoms with E-state index >= 15 is 0 Å². The van der Waals surface area contributed by atoms with Crippen molar-refractivity contribution in [3.05, 3.63) is 21.9 Å². The van der Waals surface area contributed by atoms with Crippen LogP contribution >= 0.6 is 11.3 Å². The SMILES string of the molecule is CC(C)(C)[S+]([O-])NC1c2ccsc2C[C@H]1C(=O)O. The molecule has 1 aliphatic carbocycles. The number of rotatable bonds is 3. The topological polar surface area (TPSA) is 72.4 Å². The Morgan fingerprint density at radius 1 is 1.61 bits per heavy atom. The van der Waals surface area contributed by atoms with Crippen molar-refractivity contribution in [1.82, 2.24) is 4.72 Å². The lowest BCUT2D eigenvalue weighted by atomic mass is 10.0. The third-order valence-electron chi connectivity index (χ3n) is 3.03. The summed E-state index contributed by atoms with van der Waals surface area (Å²) in [5, 5.41) is 11.2. The van der Waals surface area contributed by atoms with Gasteiger partial charge in [-0.05, 0) is 44.2 Å². The van der Waals surface area contributed by atoms with Crippen LogP contribution in [0.25, 0.3) is 0 Å². The van der Waals surface area contributed by atoms with Gasteiger partial charge in [0.05, 0.1) is 12.0 Å². The van der Waals surface area contributed by atoms with Crippen LogP contribution in [0.3, 0.4) is 0 Å². The van der Waals surface area contributed by atoms with E-state index in [0.717, 1.165) is 10.4 Å². The third kappa shape index (κ3) is 2.56. The van der Waals surface area contributed by atoms with E-state index in [1.54, 1.807) is 11.3 Å². The zero-order valence-corrected chi connectivity index (χ0v) is 12.2. The van der Waals surface area contributed by atoms with E-state index in [0.29, 0.717) is 6.42 Å². The molecule has 0 bridgehead atoms. The average molecular weight is 287 g/mol. The van der Waals surface area contributed by atoms with Crippen molar-refractivity contribution >= 4 is 28.7 Å². The van der Waals surface area contributed by atoms with E-state index in [9.17, 15) is 14.5 Å². The first-order valence-electron chi connectivity index (χ1n) is 5.78. The highest BCUT2D eigenvalue weighted by molar-refractivity contribution is 7.90. The number of nitrogens with one attached hydrogen (secondary N) is 1. The van der Waals surface area contributed by atoms with Gasteiger partial charge in [0.1, 0.15) is 4.75 Å². The van der Waals surface area contributed by atoms with Crippen LogP contribution in [0, 0.1) is 5.92 Å². The fourth-order valence-electron chi connectivity index (χ4n) is 2.00. The first kappa shape index (κ1) is 13.9. The molecule has 3 atom stereocenters. The Balaban J connectivity index is 2.21. The fourth-order valence-corrected chi connectivity index (χ4v) is 3.86. The highest BCUT2D eigenvalue weighted by atomic mass is 32.2. The Morgan fingerprint density at radius 2 is 2.28 bits per heavy atom. The second-order valence-corrected chi connectivity index (χ2v) is 8.42. The van der Waals surface area contributed by atoms with Crippen molar-refractivity contribution in [2.75, 3.05) is 0 Å². The molecule has 4 nitrogen and oxygen atoms in total. The molecule has 6 heteroatoms. The molecule has 1 aliphatic rings. The quantitative estimate of drug-likeness (QED) is 0.835. The van der Waals surface area contributed by atoms with Crippen LogP contribution < -0.4 is 4.72 Å². The summed E-state index contributed by atoms with van der Waals surface area (Å²) in [6.45, 7) is 5.61. The minimum absolute atomic E-state index is 0.344. The number of carboxylic acids is 1. The van der Waals surface area contributed by atoms with Crippen molar-refractivity contribution in [2.24, 2.45) is 5.92 Å². The van der Waals surface area contributed by atoms with Gasteiger partial charge in [0.2, 0.25) is 0 Å². The van der Waals surface area contributed by atoms with Crippen LogP contribution in [0.15, 0.2) is 11.4 Å². The molecule has 0 aliphatic heterocycles. The monoisotopic (exact) mass is 287 g/mol. The van der Waals surface area contributed by atoms with E-state index in [1.165, 1.54) is 0 Å². The van der Waals surface area contributed by atoms with Gasteiger partial charge in [0.25, 0.3) is 0 Å². The van der Waals surface area contributed by atoms with Gasteiger partial charge in [-0.25, -0.2) is 0 Å². The first-order chi connectivity index (χ1) is 8.30. The summed E-state index contributed by atoms with van der Waals surface area (Å²) in [7, 11) is 0. The molecule has 0 amide bonds. The molecule has 0 aromatic carbocycles. The normalized spacial score (nSPS) is 24.9. The van der Waals surface area contributed by atoms with Crippen molar-refractivity contribution < 1.29 is 14.5 Å². The van der Waals surface area contributed by atoms with Crippen LogP contribution in [0.2, 0.25) is 0 Å². The summed E-state index contributed by atoms with van der Waals surface area (Å²) >= 11 is 0.305. The van der Waals surface area contributed by atoms with Crippen molar-refractivity contribution in [3.8, 4) is 0 Å². The number of carboxylic acid groups (broad SMARTS) is 1. The number of hydrogen-bond donors (Lipinski definition) is 2. The zero-order valence-electron chi connectivity index (χ0n) is 10.6. The minimum atomic E-state index is -1.26. The van der Waals surface area contributed by atoms with Crippen LogP contribution in [0.1, 0.15) is 37.3 Å². The third-order valence-corrected chi connectivity index (χ3v) is 5.57. The van der Waals surface area contributed by atoms with Gasteiger partial charge in [-0.15, -0.1) is 16.1 Å². The summed E-state index contributed by atoms with van der Waals surface area (Å²) in [5.74, 6) is -1.35. The number of aliphatic carboxylic acids is 1. The molecule has 0 saturated heterocycles. The van der Waals surface area contributed by atoms with Crippen molar-refractivity contribution in [2.45, 2.75) is 38.0 Å². The number of fused-ring (bicyclic) bond motifs is 1. The summed E-state index contributed by atoms with van der Waals surface area (Å²) in [6, 6.07) is 1.59. The molecule has 2 rings (SSSR count). The maximum atomic E-state index is 12.1. The molecule has 0 fully saturated rings. The number of thiophene rings is 1. The van der Waals surface area contributed by atoms with Gasteiger partial charge < -0.3 is 9.66 Å². The summed E-state index contributed by atoms with van der Waals surface area (Å²) in [4.78, 5) is 12.4. The Bertz CT molecular complexity index is 452. The minimum Gasteiger partial charge on any atom is -0.598 e. The Kier molecular flexibility index (Phi) is 3.73. The predicted octanol–water partition coefficient (Wildman–Crippen LogP) is 2.10. The van der Waals surface area contributed by atoms with Crippen molar-refractivity contribution in [1.29, 1.82) is 0 Å². The van der Waals surface area contributed by atoms with Crippen LogP contribution in [0.5, 0.6) is 0 Å². The van der Waals surface area contributed by atoms with Gasteiger partial charge in [-0.2, -0.15) is 0 Å². The van der Waals surface area contributed by atoms with Crippen LogP contribution in [-0.4, -0.2) is 20.4 Å². The molecule has 18 heavy (non-hydrogen) atoms. The molecule has 2 unspecified atom stereocenters. The summed E-state index contributed by atoms with van der Waals surface area (Å²) < 4.78 is 14.7. The van der Waals surface area contributed by atoms with Gasteiger partial charge in [0, 0.05) is 16.2 Å². The average Bonchev–Trinajstić information content (AvgIpc) is 2.78. The van der Waals surface area contributed by atoms with E-state index in [1.807, 2.05) is 32.2 Å². The number of hydrogen-bond acceptors (Lipinski definition) is 4. The van der Waals surface area contributed by atoms with E-state index in [4.69, 9.17) is 0 Å². The van der Waals surface area contributed by atoms with Gasteiger partial charge in [-0.3, -0.25) is 4.79 Å². The lowest BCUT2D eigenvalue weighted by Gasteiger charge is -2.28. The maximum Gasteiger partial charge on any atom is 0.308 e. The van der Waals surface area contributed by atoms with Gasteiger partial charge in [-0.1, -0.05) is 0 Å². The lowest BCUT2D eigenvalue weighted by Crippen LogP contribution is -2.43. The Labute approximate surface area is 114 Å². The zero-order chi connectivity index (χ0) is 13.5. The predicted molar refractivity (Wildman–Crippen MR) is 72.9 cm³/mol. The highest BCUT2D eigenvalue weighted by Crippen LogP contribution is 2.40. The van der Waals surface area contributed by atoms with Crippen molar-refractivity contribution in [3.63, 3.8) is 0 Å². The second-order valence-electron chi connectivity index (χ2n) is 5.42. The fraction of sp³-hybridized carbons (Fsp3) is 0.583. The molecule has 0 radical (unpaired) electrons. The van der Waals surface area contributed by atoms with E-state index < -0.39 is 28.0 Å². The smallest absolute Gasteiger partial charge is 0.308 e. The van der Waals surface area contributed by atoms with E-state index in [-0.39, 0.29) is 6.04 Å². The molecule has 100 valence electrons. The first-order valence-corrected chi connectivity index (χ1v) is 7.81. The second kappa shape index (κ2) is 4.85. The molecule has 1 aromatic rings. The Hall–Kier alpha value is -0.560. The molecular weight excluding hydrogens is 270 g/mol. The molecular formula is C12H17NO3S2. The summed E-state index contributed by atoms with van der Waals surface area (Å²) in [6.07, 6.45) is 0.529. The summed E-state index contributed by atoms with van der Waals surface area (Å²) in [5.41, 5.74) is 0.991. The van der Waals surface area contributed by atoms with Crippen LogP contribution in [0.4, 0.5) is 0 Å². The van der Waals surface area contributed by atoms with Gasteiger partial charge >= 0.3 is 5.97 Å². The molecule has 0 spiro atoms. The standard InChI is InChI=1S/C12H17NO3S2/c1-12(2,3)18(16)13-10-7-4-5-17-9(7)6-8(10)11(14)15/h4-5,8,10,13H,6H2,1-3H3,(H,14,15)/t8-,10?,18?/m1/s1. The number of carbonyl (C=O) groups is 1. The molecule has 2 N–H and O–H groups in total. The molecule has 1 aromatic heterocycles. The lowest BCUT2D eigenvalue weighted by molar-refractivity contribution is -0.142. The largest absolute Gasteiger partial charge is 0.598 e. The molecule has 1 heterocycles. The highest BCUT2D eigenvalue weighted by Gasteiger charge is 2.42. The van der Waals surface area contributed by atoms with E-state index in [2.05, 4.69) is 4.72 Å². The molecule has 0 saturated carbocycles. The van der Waals surface area contributed by atoms with Crippen LogP contribution in [-0.2, 0) is 22.6 Å². The van der Waals surface area contributed by atoms with Gasteiger partial charge in [0.15, 0.2) is 0 Å². The maximum absolute atomic E-state index is 12.1. The Morgan fingerprint density at radius 3 is 2.83 bits per heavy atom.